The number of nitrogens with one attached hydrogen (secondary N) is 1. The number of hydrogen-bond acceptors (Lipinski definition) is 4. The zero-order valence-corrected chi connectivity index (χ0v) is 8.43. The summed E-state index contributed by atoms with van der Waals surface area (Å²) in [6.45, 7) is 3.67. The molecule has 0 unspecified atom stereocenters. The molecule has 0 atom stereocenters. The molecule has 1 aliphatic heterocycles. The highest BCUT2D eigenvalue weighted by molar-refractivity contribution is 7.99. The van der Waals surface area contributed by atoms with E-state index in [1.807, 2.05) is 6.92 Å². The van der Waals surface area contributed by atoms with Crippen LogP contribution in [0.4, 0.5) is 0 Å². The van der Waals surface area contributed by atoms with Gasteiger partial charge in [-0.1, -0.05) is 11.8 Å². The Morgan fingerprint density at radius 2 is 2.23 bits per heavy atom. The Kier molecular flexibility index (Phi) is 2.85. The fourth-order valence-electron chi connectivity index (χ4n) is 1.32. The molecule has 0 amide bonds. The topological polar surface area (TPSA) is 50.8 Å². The highest BCUT2D eigenvalue weighted by Gasteiger charge is 2.16. The molecule has 13 heavy (non-hydrogen) atoms. The monoisotopic (exact) mass is 199 g/mol. The maximum Gasteiger partial charge on any atom is 0.208 e. The summed E-state index contributed by atoms with van der Waals surface area (Å²) < 4.78 is 5.28. The molecule has 1 N–H and O–H groups in total. The smallest absolute Gasteiger partial charge is 0.208 e. The van der Waals surface area contributed by atoms with E-state index >= 15 is 0 Å². The number of H-pyrrole nitrogens is 1. The van der Waals surface area contributed by atoms with Crippen LogP contribution in [0.2, 0.25) is 0 Å². The zero-order valence-electron chi connectivity index (χ0n) is 7.62. The van der Waals surface area contributed by atoms with Gasteiger partial charge in [-0.05, 0) is 19.8 Å². The maximum absolute atomic E-state index is 5.28. The van der Waals surface area contributed by atoms with Gasteiger partial charge in [-0.3, -0.25) is 5.10 Å². The van der Waals surface area contributed by atoms with Crippen LogP contribution in [0.25, 0.3) is 0 Å². The fourth-order valence-corrected chi connectivity index (χ4v) is 2.33. The standard InChI is InChI=1S/C8H13N3OS/c1-6-9-8(11-10-6)13-7-2-4-12-5-3-7/h7H,2-5H2,1H3,(H,9,10,11). The Labute approximate surface area is 81.5 Å². The van der Waals surface area contributed by atoms with Crippen molar-refractivity contribution in [3.05, 3.63) is 5.82 Å². The molecule has 2 rings (SSSR count). The van der Waals surface area contributed by atoms with Gasteiger partial charge in [-0.2, -0.15) is 0 Å². The highest BCUT2D eigenvalue weighted by atomic mass is 32.2. The minimum atomic E-state index is 0.629. The average Bonchev–Trinajstić information content (AvgIpc) is 2.53. The molecule has 0 saturated carbocycles. The molecular formula is C8H13N3OS. The minimum Gasteiger partial charge on any atom is -0.381 e. The second-order valence-corrected chi connectivity index (χ2v) is 4.40. The van der Waals surface area contributed by atoms with Crippen LogP contribution < -0.4 is 0 Å². The summed E-state index contributed by atoms with van der Waals surface area (Å²) in [7, 11) is 0. The molecule has 0 spiro atoms. The van der Waals surface area contributed by atoms with Crippen molar-refractivity contribution in [1.29, 1.82) is 0 Å². The van der Waals surface area contributed by atoms with Gasteiger partial charge in [0.25, 0.3) is 0 Å². The molecular weight excluding hydrogens is 186 g/mol. The van der Waals surface area contributed by atoms with Crippen LogP contribution in [-0.2, 0) is 4.74 Å². The van der Waals surface area contributed by atoms with Gasteiger partial charge >= 0.3 is 0 Å². The zero-order chi connectivity index (χ0) is 9.10. The van der Waals surface area contributed by atoms with Crippen LogP contribution in [0.3, 0.4) is 0 Å². The molecule has 4 nitrogen and oxygen atoms in total. The van der Waals surface area contributed by atoms with E-state index in [0.29, 0.717) is 5.25 Å². The lowest BCUT2D eigenvalue weighted by Gasteiger charge is -2.19. The fraction of sp³-hybridized carbons (Fsp3) is 0.750. The van der Waals surface area contributed by atoms with Gasteiger partial charge in [0.2, 0.25) is 5.16 Å². The predicted octanol–water partition coefficient (Wildman–Crippen LogP) is 1.38. The third-order valence-corrected chi connectivity index (χ3v) is 3.22. The van der Waals surface area contributed by atoms with E-state index in [4.69, 9.17) is 4.74 Å². The molecule has 0 bridgehead atoms. The molecule has 72 valence electrons. The van der Waals surface area contributed by atoms with Crippen molar-refractivity contribution in [2.24, 2.45) is 0 Å². The molecule has 1 aromatic heterocycles. The van der Waals surface area contributed by atoms with Gasteiger partial charge in [0.05, 0.1) is 0 Å². The van der Waals surface area contributed by atoms with Crippen LogP contribution in [0.5, 0.6) is 0 Å². The SMILES string of the molecule is Cc1nc(SC2CCOCC2)n[nH]1. The van der Waals surface area contributed by atoms with E-state index in [2.05, 4.69) is 15.2 Å². The Morgan fingerprint density at radius 3 is 2.85 bits per heavy atom. The number of ether oxygens (including phenoxy) is 1. The van der Waals surface area contributed by atoms with Gasteiger partial charge in [0.1, 0.15) is 5.82 Å². The van der Waals surface area contributed by atoms with Crippen LogP contribution in [-0.4, -0.2) is 33.6 Å². The lowest BCUT2D eigenvalue weighted by Crippen LogP contribution is -2.17. The van der Waals surface area contributed by atoms with E-state index in [1.165, 1.54) is 0 Å². The quantitative estimate of drug-likeness (QED) is 0.782. The summed E-state index contributed by atoms with van der Waals surface area (Å²) in [5.41, 5.74) is 0. The number of aryl methyl sites for hydroxylation is 1. The van der Waals surface area contributed by atoms with E-state index in [0.717, 1.165) is 37.0 Å². The molecule has 0 aromatic carbocycles. The second-order valence-electron chi connectivity index (χ2n) is 3.13. The van der Waals surface area contributed by atoms with Crippen molar-refractivity contribution in [1.82, 2.24) is 15.2 Å². The summed E-state index contributed by atoms with van der Waals surface area (Å²) in [5.74, 6) is 0.884. The van der Waals surface area contributed by atoms with E-state index < -0.39 is 0 Å². The maximum atomic E-state index is 5.28. The van der Waals surface area contributed by atoms with Gasteiger partial charge < -0.3 is 4.74 Å². The number of hydrogen-bond donors (Lipinski definition) is 1. The summed E-state index contributed by atoms with van der Waals surface area (Å²) in [4.78, 5) is 4.26. The lowest BCUT2D eigenvalue weighted by atomic mass is 10.2. The number of rotatable bonds is 2. The van der Waals surface area contributed by atoms with Crippen molar-refractivity contribution >= 4 is 11.8 Å². The first-order valence-corrected chi connectivity index (χ1v) is 5.36. The molecule has 5 heteroatoms. The van der Waals surface area contributed by atoms with Crippen molar-refractivity contribution in [3.63, 3.8) is 0 Å². The number of nitrogens with zero attached hydrogens (tertiary/aromatic N) is 2. The van der Waals surface area contributed by atoms with Crippen molar-refractivity contribution in [3.8, 4) is 0 Å². The van der Waals surface area contributed by atoms with Crippen LogP contribution in [0.1, 0.15) is 18.7 Å². The summed E-state index contributed by atoms with van der Waals surface area (Å²) in [6.07, 6.45) is 2.22. The normalized spacial score (nSPS) is 19.2. The predicted molar refractivity (Wildman–Crippen MR) is 50.8 cm³/mol. The molecule has 1 saturated heterocycles. The molecule has 1 aromatic rings. The molecule has 2 heterocycles. The summed E-state index contributed by atoms with van der Waals surface area (Å²) in [6, 6.07) is 0. The van der Waals surface area contributed by atoms with Crippen LogP contribution in [0, 0.1) is 6.92 Å². The third kappa shape index (κ3) is 2.45. The van der Waals surface area contributed by atoms with Gasteiger partial charge in [0, 0.05) is 18.5 Å². The molecule has 1 aliphatic rings. The van der Waals surface area contributed by atoms with Crippen LogP contribution in [0.15, 0.2) is 5.16 Å². The summed E-state index contributed by atoms with van der Waals surface area (Å²) >= 11 is 1.75. The van der Waals surface area contributed by atoms with Crippen molar-refractivity contribution in [2.45, 2.75) is 30.2 Å². The number of thioether (sulfide) groups is 1. The highest BCUT2D eigenvalue weighted by Crippen LogP contribution is 2.26. The van der Waals surface area contributed by atoms with E-state index in [1.54, 1.807) is 11.8 Å². The van der Waals surface area contributed by atoms with Gasteiger partial charge in [-0.15, -0.1) is 5.10 Å². The molecule has 0 radical (unpaired) electrons. The average molecular weight is 199 g/mol. The van der Waals surface area contributed by atoms with Gasteiger partial charge in [-0.25, -0.2) is 4.98 Å². The van der Waals surface area contributed by atoms with Crippen molar-refractivity contribution in [2.75, 3.05) is 13.2 Å². The Balaban J connectivity index is 1.89. The minimum absolute atomic E-state index is 0.629. The van der Waals surface area contributed by atoms with E-state index in [9.17, 15) is 0 Å². The first-order chi connectivity index (χ1) is 6.34. The first-order valence-electron chi connectivity index (χ1n) is 4.48. The molecule has 0 aliphatic carbocycles. The largest absolute Gasteiger partial charge is 0.381 e. The Bertz CT molecular complexity index is 270. The van der Waals surface area contributed by atoms with Crippen molar-refractivity contribution < 1.29 is 4.74 Å². The Hall–Kier alpha value is -0.550. The van der Waals surface area contributed by atoms with E-state index in [-0.39, 0.29) is 0 Å². The number of aromatic amines is 1. The van der Waals surface area contributed by atoms with Crippen LogP contribution >= 0.6 is 11.8 Å². The number of aromatic nitrogens is 3. The first kappa shape index (κ1) is 9.02. The second kappa shape index (κ2) is 4.11. The third-order valence-electron chi connectivity index (χ3n) is 2.02. The molecule has 1 fully saturated rings. The van der Waals surface area contributed by atoms with Gasteiger partial charge in [0.15, 0.2) is 0 Å². The Morgan fingerprint density at radius 1 is 1.46 bits per heavy atom. The summed E-state index contributed by atoms with van der Waals surface area (Å²) in [5, 5.41) is 8.43. The lowest BCUT2D eigenvalue weighted by molar-refractivity contribution is 0.1000.